The van der Waals surface area contributed by atoms with E-state index in [4.69, 9.17) is 9.84 Å². The maximum absolute atomic E-state index is 10.4. The third-order valence-electron chi connectivity index (χ3n) is 2.16. The zero-order chi connectivity index (χ0) is 11.4. The Morgan fingerprint density at radius 1 is 1.40 bits per heavy atom. The highest BCUT2D eigenvalue weighted by molar-refractivity contribution is 5.74. The second kappa shape index (κ2) is 4.68. The molecule has 0 saturated carbocycles. The van der Waals surface area contributed by atoms with Gasteiger partial charge in [0.1, 0.15) is 12.3 Å². The Balaban J connectivity index is 2.92. The van der Waals surface area contributed by atoms with Crippen LogP contribution in [-0.2, 0) is 4.79 Å². The van der Waals surface area contributed by atoms with Crippen molar-refractivity contribution in [3.8, 4) is 5.75 Å². The molecule has 0 bridgehead atoms. The Labute approximate surface area is 88.9 Å². The molecule has 15 heavy (non-hydrogen) atoms. The van der Waals surface area contributed by atoms with E-state index in [0.717, 1.165) is 22.6 Å². The van der Waals surface area contributed by atoms with Crippen molar-refractivity contribution in [2.45, 2.75) is 13.8 Å². The molecule has 1 aromatic carbocycles. The predicted molar refractivity (Wildman–Crippen MR) is 58.6 cm³/mol. The number of benzene rings is 1. The first kappa shape index (κ1) is 11.4. The van der Waals surface area contributed by atoms with Gasteiger partial charge >= 0.3 is 5.97 Å². The molecule has 0 atom stereocenters. The van der Waals surface area contributed by atoms with Crippen LogP contribution in [0.25, 0.3) is 0 Å². The van der Waals surface area contributed by atoms with Gasteiger partial charge in [0.15, 0.2) is 0 Å². The van der Waals surface area contributed by atoms with Gasteiger partial charge in [0, 0.05) is 5.69 Å². The third-order valence-corrected chi connectivity index (χ3v) is 2.16. The van der Waals surface area contributed by atoms with Crippen molar-refractivity contribution in [1.29, 1.82) is 0 Å². The first-order chi connectivity index (χ1) is 7.04. The van der Waals surface area contributed by atoms with Gasteiger partial charge in [-0.25, -0.2) is 0 Å². The van der Waals surface area contributed by atoms with E-state index in [9.17, 15) is 4.79 Å². The molecule has 0 radical (unpaired) electrons. The molecule has 2 N–H and O–H groups in total. The number of carboxylic acids is 1. The topological polar surface area (TPSA) is 58.6 Å². The number of ether oxygens (including phenoxy) is 1. The van der Waals surface area contributed by atoms with Gasteiger partial charge in [-0.1, -0.05) is 0 Å². The summed E-state index contributed by atoms with van der Waals surface area (Å²) in [5, 5.41) is 11.4. The Morgan fingerprint density at radius 2 is 1.93 bits per heavy atom. The molecule has 0 unspecified atom stereocenters. The van der Waals surface area contributed by atoms with Crippen LogP contribution >= 0.6 is 0 Å². The SMILES string of the molecule is COc1cc(C)c(NCC(=O)O)c(C)c1. The summed E-state index contributed by atoms with van der Waals surface area (Å²) in [5.41, 5.74) is 2.82. The molecule has 4 nitrogen and oxygen atoms in total. The van der Waals surface area contributed by atoms with Crippen LogP contribution in [0.15, 0.2) is 12.1 Å². The largest absolute Gasteiger partial charge is 0.497 e. The van der Waals surface area contributed by atoms with Crippen molar-refractivity contribution in [2.75, 3.05) is 19.0 Å². The van der Waals surface area contributed by atoms with Gasteiger partial charge in [-0.2, -0.15) is 0 Å². The van der Waals surface area contributed by atoms with Crippen molar-refractivity contribution in [3.63, 3.8) is 0 Å². The van der Waals surface area contributed by atoms with E-state index in [1.54, 1.807) is 7.11 Å². The van der Waals surface area contributed by atoms with Crippen LogP contribution in [0.2, 0.25) is 0 Å². The van der Waals surface area contributed by atoms with Gasteiger partial charge in [-0.3, -0.25) is 4.79 Å². The minimum Gasteiger partial charge on any atom is -0.497 e. The zero-order valence-electron chi connectivity index (χ0n) is 9.13. The average molecular weight is 209 g/mol. The molecule has 0 heterocycles. The fourth-order valence-corrected chi connectivity index (χ4v) is 1.48. The Morgan fingerprint density at radius 3 is 2.33 bits per heavy atom. The lowest BCUT2D eigenvalue weighted by atomic mass is 10.1. The highest BCUT2D eigenvalue weighted by Crippen LogP contribution is 2.25. The van der Waals surface area contributed by atoms with Crippen LogP contribution in [0.5, 0.6) is 5.75 Å². The molecule has 0 aliphatic heterocycles. The van der Waals surface area contributed by atoms with Crippen LogP contribution in [0, 0.1) is 13.8 Å². The highest BCUT2D eigenvalue weighted by atomic mass is 16.5. The van der Waals surface area contributed by atoms with Crippen molar-refractivity contribution >= 4 is 11.7 Å². The summed E-state index contributed by atoms with van der Waals surface area (Å²) in [6.45, 7) is 3.76. The first-order valence-electron chi connectivity index (χ1n) is 4.65. The van der Waals surface area contributed by atoms with E-state index < -0.39 is 5.97 Å². The number of carboxylic acid groups (broad SMARTS) is 1. The minimum atomic E-state index is -0.871. The maximum atomic E-state index is 10.4. The molecular formula is C11H15NO3. The molecule has 0 amide bonds. The minimum absolute atomic E-state index is 0.0754. The van der Waals surface area contributed by atoms with Gasteiger partial charge in [0.2, 0.25) is 0 Å². The lowest BCUT2D eigenvalue weighted by Crippen LogP contribution is -2.13. The highest BCUT2D eigenvalue weighted by Gasteiger charge is 2.06. The van der Waals surface area contributed by atoms with E-state index >= 15 is 0 Å². The van der Waals surface area contributed by atoms with Crippen molar-refractivity contribution < 1.29 is 14.6 Å². The van der Waals surface area contributed by atoms with E-state index in [-0.39, 0.29) is 6.54 Å². The lowest BCUT2D eigenvalue weighted by molar-refractivity contribution is -0.134. The summed E-state index contributed by atoms with van der Waals surface area (Å²) in [6.07, 6.45) is 0. The molecule has 0 aromatic heterocycles. The molecule has 82 valence electrons. The van der Waals surface area contributed by atoms with E-state index in [0.29, 0.717) is 0 Å². The maximum Gasteiger partial charge on any atom is 0.322 e. The standard InChI is InChI=1S/C11H15NO3/c1-7-4-9(15-3)5-8(2)11(7)12-6-10(13)14/h4-5,12H,6H2,1-3H3,(H,13,14). The van der Waals surface area contributed by atoms with Crippen molar-refractivity contribution in [1.82, 2.24) is 0 Å². The quantitative estimate of drug-likeness (QED) is 0.794. The number of carbonyl (C=O) groups is 1. The number of methoxy groups -OCH3 is 1. The van der Waals surface area contributed by atoms with Crippen LogP contribution < -0.4 is 10.1 Å². The summed E-state index contributed by atoms with van der Waals surface area (Å²) in [6, 6.07) is 3.74. The molecule has 1 aromatic rings. The van der Waals surface area contributed by atoms with Crippen LogP contribution in [0.4, 0.5) is 5.69 Å². The van der Waals surface area contributed by atoms with Gasteiger partial charge in [-0.15, -0.1) is 0 Å². The fraction of sp³-hybridized carbons (Fsp3) is 0.364. The number of hydrogen-bond acceptors (Lipinski definition) is 3. The van der Waals surface area contributed by atoms with E-state index in [1.807, 2.05) is 26.0 Å². The number of hydrogen-bond donors (Lipinski definition) is 2. The molecule has 1 rings (SSSR count). The number of aryl methyl sites for hydroxylation is 2. The normalized spacial score (nSPS) is 9.80. The fourth-order valence-electron chi connectivity index (χ4n) is 1.48. The number of aliphatic carboxylic acids is 1. The first-order valence-corrected chi connectivity index (χ1v) is 4.65. The molecule has 0 saturated heterocycles. The van der Waals surface area contributed by atoms with E-state index in [2.05, 4.69) is 5.32 Å². The predicted octanol–water partition coefficient (Wildman–Crippen LogP) is 1.81. The number of anilines is 1. The molecular weight excluding hydrogens is 194 g/mol. The van der Waals surface area contributed by atoms with Gasteiger partial charge in [0.25, 0.3) is 0 Å². The summed E-state index contributed by atoms with van der Waals surface area (Å²) >= 11 is 0. The molecule has 4 heteroatoms. The summed E-state index contributed by atoms with van der Waals surface area (Å²) < 4.78 is 5.11. The molecule has 0 spiro atoms. The molecule has 0 aliphatic rings. The van der Waals surface area contributed by atoms with Gasteiger partial charge in [-0.05, 0) is 37.1 Å². The monoisotopic (exact) mass is 209 g/mol. The lowest BCUT2D eigenvalue weighted by Gasteiger charge is -2.12. The zero-order valence-corrected chi connectivity index (χ0v) is 9.13. The Kier molecular flexibility index (Phi) is 3.55. The molecule has 0 fully saturated rings. The summed E-state index contributed by atoms with van der Waals surface area (Å²) in [4.78, 5) is 10.4. The smallest absolute Gasteiger partial charge is 0.322 e. The second-order valence-electron chi connectivity index (χ2n) is 3.38. The van der Waals surface area contributed by atoms with Crippen LogP contribution in [0.1, 0.15) is 11.1 Å². The third kappa shape index (κ3) is 2.87. The Bertz CT molecular complexity index is 351. The van der Waals surface area contributed by atoms with Gasteiger partial charge in [0.05, 0.1) is 7.11 Å². The van der Waals surface area contributed by atoms with Crippen LogP contribution in [0.3, 0.4) is 0 Å². The average Bonchev–Trinajstić information content (AvgIpc) is 2.15. The second-order valence-corrected chi connectivity index (χ2v) is 3.38. The summed E-state index contributed by atoms with van der Waals surface area (Å²) in [5.74, 6) is -0.0875. The van der Waals surface area contributed by atoms with Gasteiger partial charge < -0.3 is 15.2 Å². The van der Waals surface area contributed by atoms with Crippen LogP contribution in [-0.4, -0.2) is 24.7 Å². The number of nitrogens with one attached hydrogen (secondary N) is 1. The van der Waals surface area contributed by atoms with E-state index in [1.165, 1.54) is 0 Å². The number of rotatable bonds is 4. The molecule has 0 aliphatic carbocycles. The Hall–Kier alpha value is -1.71. The van der Waals surface area contributed by atoms with Crippen molar-refractivity contribution in [2.24, 2.45) is 0 Å². The van der Waals surface area contributed by atoms with Crippen molar-refractivity contribution in [3.05, 3.63) is 23.3 Å². The summed E-state index contributed by atoms with van der Waals surface area (Å²) in [7, 11) is 1.61.